The van der Waals surface area contributed by atoms with Crippen LogP contribution in [0.2, 0.25) is 0 Å². The van der Waals surface area contributed by atoms with Gasteiger partial charge in [0.05, 0.1) is 0 Å². The Kier molecular flexibility index (Phi) is 5.45. The predicted octanol–water partition coefficient (Wildman–Crippen LogP) is 2.96. The smallest absolute Gasteiger partial charge is 0.303 e. The van der Waals surface area contributed by atoms with E-state index in [0.29, 0.717) is 0 Å². The van der Waals surface area contributed by atoms with E-state index in [-0.39, 0.29) is 6.42 Å². The molecule has 0 unspecified atom stereocenters. The SMILES string of the molecule is O=C(O)CCCCNc1cccc(I)c1. The Morgan fingerprint density at radius 2 is 2.20 bits per heavy atom. The highest BCUT2D eigenvalue weighted by atomic mass is 127. The van der Waals surface area contributed by atoms with Crippen LogP contribution < -0.4 is 5.32 Å². The van der Waals surface area contributed by atoms with Gasteiger partial charge in [-0.25, -0.2) is 0 Å². The van der Waals surface area contributed by atoms with E-state index in [4.69, 9.17) is 5.11 Å². The normalized spacial score (nSPS) is 9.93. The quantitative estimate of drug-likeness (QED) is 0.626. The zero-order valence-electron chi connectivity index (χ0n) is 8.37. The van der Waals surface area contributed by atoms with Crippen molar-refractivity contribution in [2.24, 2.45) is 0 Å². The van der Waals surface area contributed by atoms with E-state index >= 15 is 0 Å². The summed E-state index contributed by atoms with van der Waals surface area (Å²) in [5.41, 5.74) is 1.09. The molecule has 0 spiro atoms. The van der Waals surface area contributed by atoms with Crippen LogP contribution in [0.1, 0.15) is 19.3 Å². The molecule has 1 rings (SSSR count). The second kappa shape index (κ2) is 6.66. The number of rotatable bonds is 6. The Bertz CT molecular complexity index is 328. The number of carbonyl (C=O) groups is 1. The molecule has 0 amide bonds. The molecule has 1 aromatic carbocycles. The van der Waals surface area contributed by atoms with Gasteiger partial charge < -0.3 is 10.4 Å². The molecule has 0 radical (unpaired) electrons. The first-order chi connectivity index (χ1) is 7.18. The molecule has 3 nitrogen and oxygen atoms in total. The lowest BCUT2D eigenvalue weighted by molar-refractivity contribution is -0.137. The molecule has 0 saturated carbocycles. The number of aliphatic carboxylic acids is 1. The molecule has 1 aromatic rings. The van der Waals surface area contributed by atoms with Crippen molar-refractivity contribution in [3.63, 3.8) is 0 Å². The van der Waals surface area contributed by atoms with E-state index in [2.05, 4.69) is 34.0 Å². The van der Waals surface area contributed by atoms with E-state index in [0.717, 1.165) is 25.1 Å². The summed E-state index contributed by atoms with van der Waals surface area (Å²) in [6.45, 7) is 0.827. The van der Waals surface area contributed by atoms with Gasteiger partial charge in [-0.05, 0) is 53.6 Å². The van der Waals surface area contributed by atoms with Crippen LogP contribution in [0.15, 0.2) is 24.3 Å². The fourth-order valence-corrected chi connectivity index (χ4v) is 1.78. The average Bonchev–Trinajstić information content (AvgIpc) is 2.17. The molecule has 0 aliphatic rings. The van der Waals surface area contributed by atoms with E-state index in [1.54, 1.807) is 0 Å². The summed E-state index contributed by atoms with van der Waals surface area (Å²) < 4.78 is 1.20. The maximum absolute atomic E-state index is 10.3. The van der Waals surface area contributed by atoms with Gasteiger partial charge in [-0.15, -0.1) is 0 Å². The van der Waals surface area contributed by atoms with Crippen LogP contribution in [0.3, 0.4) is 0 Å². The minimum absolute atomic E-state index is 0.258. The van der Waals surface area contributed by atoms with Crippen molar-refractivity contribution in [2.75, 3.05) is 11.9 Å². The van der Waals surface area contributed by atoms with Crippen molar-refractivity contribution in [2.45, 2.75) is 19.3 Å². The summed E-state index contributed by atoms with van der Waals surface area (Å²) in [5.74, 6) is -0.718. The largest absolute Gasteiger partial charge is 0.481 e. The molecule has 15 heavy (non-hydrogen) atoms. The summed E-state index contributed by atoms with van der Waals surface area (Å²) in [4.78, 5) is 10.3. The van der Waals surface area contributed by atoms with Gasteiger partial charge in [0.15, 0.2) is 0 Å². The first kappa shape index (κ1) is 12.3. The molecule has 0 aromatic heterocycles. The summed E-state index contributed by atoms with van der Waals surface area (Å²) in [5, 5.41) is 11.7. The fraction of sp³-hybridized carbons (Fsp3) is 0.364. The predicted molar refractivity (Wildman–Crippen MR) is 69.1 cm³/mol. The lowest BCUT2D eigenvalue weighted by atomic mass is 10.2. The van der Waals surface area contributed by atoms with Gasteiger partial charge in [0.25, 0.3) is 0 Å². The van der Waals surface area contributed by atoms with Gasteiger partial charge >= 0.3 is 5.97 Å². The lowest BCUT2D eigenvalue weighted by Crippen LogP contribution is -2.03. The molecule has 0 aliphatic heterocycles. The van der Waals surface area contributed by atoms with Crippen LogP contribution in [-0.2, 0) is 4.79 Å². The maximum atomic E-state index is 10.3. The molecule has 2 N–H and O–H groups in total. The standard InChI is InChI=1S/C11H14INO2/c12-9-4-3-5-10(8-9)13-7-2-1-6-11(14)15/h3-5,8,13H,1-2,6-7H2,(H,14,15). The summed E-state index contributed by atoms with van der Waals surface area (Å²) in [6, 6.07) is 8.12. The van der Waals surface area contributed by atoms with Crippen LogP contribution in [0.5, 0.6) is 0 Å². The van der Waals surface area contributed by atoms with Gasteiger partial charge in [-0.1, -0.05) is 6.07 Å². The van der Waals surface area contributed by atoms with Crippen LogP contribution in [0.4, 0.5) is 5.69 Å². The third-order valence-electron chi connectivity index (χ3n) is 1.97. The molecule has 0 saturated heterocycles. The van der Waals surface area contributed by atoms with E-state index < -0.39 is 5.97 Å². The average molecular weight is 319 g/mol. The fourth-order valence-electron chi connectivity index (χ4n) is 1.23. The summed E-state index contributed by atoms with van der Waals surface area (Å²) in [7, 11) is 0. The molecule has 0 fully saturated rings. The van der Waals surface area contributed by atoms with E-state index in [9.17, 15) is 4.79 Å². The van der Waals surface area contributed by atoms with Crippen molar-refractivity contribution in [1.82, 2.24) is 0 Å². The molecule has 0 heterocycles. The third-order valence-corrected chi connectivity index (χ3v) is 2.64. The minimum atomic E-state index is -0.718. The second-order valence-corrected chi connectivity index (χ2v) is 4.53. The number of carboxylic acids is 1. The Morgan fingerprint density at radius 1 is 1.40 bits per heavy atom. The number of hydrogen-bond donors (Lipinski definition) is 2. The van der Waals surface area contributed by atoms with Gasteiger partial charge in [0, 0.05) is 22.2 Å². The molecular weight excluding hydrogens is 305 g/mol. The van der Waals surface area contributed by atoms with Crippen LogP contribution in [0.25, 0.3) is 0 Å². The number of anilines is 1. The molecule has 0 atom stereocenters. The van der Waals surface area contributed by atoms with Crippen LogP contribution in [-0.4, -0.2) is 17.6 Å². The van der Waals surface area contributed by atoms with Gasteiger partial charge in [0.2, 0.25) is 0 Å². The van der Waals surface area contributed by atoms with E-state index in [1.165, 1.54) is 3.57 Å². The van der Waals surface area contributed by atoms with Crippen LogP contribution >= 0.6 is 22.6 Å². The van der Waals surface area contributed by atoms with Crippen molar-refractivity contribution in [1.29, 1.82) is 0 Å². The number of benzene rings is 1. The first-order valence-corrected chi connectivity index (χ1v) is 5.97. The molecule has 4 heteroatoms. The highest BCUT2D eigenvalue weighted by molar-refractivity contribution is 14.1. The highest BCUT2D eigenvalue weighted by Crippen LogP contribution is 2.12. The Hall–Kier alpha value is -0.780. The van der Waals surface area contributed by atoms with Crippen molar-refractivity contribution in [3.05, 3.63) is 27.8 Å². The third kappa shape index (κ3) is 5.61. The monoisotopic (exact) mass is 319 g/mol. The number of unbranched alkanes of at least 4 members (excludes halogenated alkanes) is 1. The Morgan fingerprint density at radius 3 is 2.87 bits per heavy atom. The number of hydrogen-bond acceptors (Lipinski definition) is 2. The first-order valence-electron chi connectivity index (χ1n) is 4.90. The van der Waals surface area contributed by atoms with Crippen molar-refractivity contribution >= 4 is 34.2 Å². The Labute approximate surface area is 103 Å². The van der Waals surface area contributed by atoms with Crippen LogP contribution in [0, 0.1) is 3.57 Å². The molecule has 0 bridgehead atoms. The molecule has 0 aliphatic carbocycles. The van der Waals surface area contributed by atoms with E-state index in [1.807, 2.05) is 18.2 Å². The molecule has 82 valence electrons. The highest BCUT2D eigenvalue weighted by Gasteiger charge is 1.96. The topological polar surface area (TPSA) is 49.3 Å². The van der Waals surface area contributed by atoms with Gasteiger partial charge in [-0.3, -0.25) is 4.79 Å². The minimum Gasteiger partial charge on any atom is -0.481 e. The lowest BCUT2D eigenvalue weighted by Gasteiger charge is -2.05. The van der Waals surface area contributed by atoms with Crippen molar-refractivity contribution in [3.8, 4) is 0 Å². The maximum Gasteiger partial charge on any atom is 0.303 e. The van der Waals surface area contributed by atoms with Gasteiger partial charge in [-0.2, -0.15) is 0 Å². The zero-order valence-corrected chi connectivity index (χ0v) is 10.5. The molecular formula is C11H14INO2. The number of carboxylic acid groups (broad SMARTS) is 1. The zero-order chi connectivity index (χ0) is 11.1. The van der Waals surface area contributed by atoms with Gasteiger partial charge in [0.1, 0.15) is 0 Å². The Balaban J connectivity index is 2.17. The number of halogens is 1. The van der Waals surface area contributed by atoms with Crippen molar-refractivity contribution < 1.29 is 9.90 Å². The summed E-state index contributed by atoms with van der Waals surface area (Å²) in [6.07, 6.45) is 1.87. The second-order valence-electron chi connectivity index (χ2n) is 3.29. The number of nitrogens with one attached hydrogen (secondary N) is 1. The summed E-state index contributed by atoms with van der Waals surface area (Å²) >= 11 is 2.26.